The number of ether oxygens (including phenoxy) is 1. The van der Waals surface area contributed by atoms with Gasteiger partial charge in [0.15, 0.2) is 0 Å². The Bertz CT molecular complexity index is 862. The van der Waals surface area contributed by atoms with Crippen LogP contribution in [-0.2, 0) is 16.0 Å². The van der Waals surface area contributed by atoms with Gasteiger partial charge in [-0.1, -0.05) is 30.3 Å². The molecule has 2 aromatic carbocycles. The highest BCUT2D eigenvalue weighted by molar-refractivity contribution is 5.98. The summed E-state index contributed by atoms with van der Waals surface area (Å²) >= 11 is 0. The number of piperidine rings is 1. The molecule has 140 valence electrons. The fourth-order valence-electron chi connectivity index (χ4n) is 4.32. The van der Waals surface area contributed by atoms with E-state index in [1.165, 1.54) is 5.56 Å². The maximum atomic E-state index is 13.5. The fourth-order valence-corrected chi connectivity index (χ4v) is 4.32. The molecule has 4 rings (SSSR count). The Balaban J connectivity index is 1.66. The van der Waals surface area contributed by atoms with Gasteiger partial charge in [-0.3, -0.25) is 9.59 Å². The van der Waals surface area contributed by atoms with Crippen molar-refractivity contribution in [3.05, 3.63) is 59.7 Å². The second-order valence-electron chi connectivity index (χ2n) is 7.24. The number of anilines is 1. The molecule has 0 aliphatic carbocycles. The average Bonchev–Trinajstić information content (AvgIpc) is 3.14. The lowest BCUT2D eigenvalue weighted by Crippen LogP contribution is -2.47. The molecular weight excluding hydrogens is 340 g/mol. The summed E-state index contributed by atoms with van der Waals surface area (Å²) in [5.41, 5.74) is 3.19. The van der Waals surface area contributed by atoms with Crippen LogP contribution in [0.5, 0.6) is 5.75 Å². The third kappa shape index (κ3) is 3.07. The molecular formula is C22H24N2O3. The van der Waals surface area contributed by atoms with Gasteiger partial charge in [-0.05, 0) is 42.2 Å². The summed E-state index contributed by atoms with van der Waals surface area (Å²) < 4.78 is 5.24. The molecule has 0 unspecified atom stereocenters. The largest absolute Gasteiger partial charge is 0.497 e. The van der Waals surface area contributed by atoms with Gasteiger partial charge in [0.25, 0.3) is 0 Å². The molecule has 0 aromatic heterocycles. The molecule has 5 heteroatoms. The van der Waals surface area contributed by atoms with Crippen LogP contribution in [0.2, 0.25) is 0 Å². The first kappa shape index (κ1) is 17.6. The summed E-state index contributed by atoms with van der Waals surface area (Å²) in [4.78, 5) is 29.5. The first-order chi connectivity index (χ1) is 13.1. The summed E-state index contributed by atoms with van der Waals surface area (Å²) in [6, 6.07) is 15.5. The zero-order valence-corrected chi connectivity index (χ0v) is 15.7. The van der Waals surface area contributed by atoms with Crippen LogP contribution in [0.4, 0.5) is 5.69 Å². The average molecular weight is 364 g/mol. The Kier molecular flexibility index (Phi) is 4.60. The molecule has 0 radical (unpaired) electrons. The number of carbonyl (C=O) groups excluding carboxylic acids is 2. The maximum absolute atomic E-state index is 13.5. The summed E-state index contributed by atoms with van der Waals surface area (Å²) in [5.74, 6) is 0.717. The Morgan fingerprint density at radius 3 is 2.56 bits per heavy atom. The van der Waals surface area contributed by atoms with Crippen LogP contribution in [0, 0.1) is 5.92 Å². The molecule has 2 aliphatic rings. The third-order valence-electron chi connectivity index (χ3n) is 5.79. The van der Waals surface area contributed by atoms with Gasteiger partial charge in [-0.15, -0.1) is 0 Å². The minimum Gasteiger partial charge on any atom is -0.497 e. The Morgan fingerprint density at radius 1 is 1.07 bits per heavy atom. The lowest BCUT2D eigenvalue weighted by Gasteiger charge is -2.40. The number of fused-ring (bicyclic) bond motifs is 1. The molecule has 0 spiro atoms. The number of hydrogen-bond acceptors (Lipinski definition) is 3. The van der Waals surface area contributed by atoms with E-state index in [0.717, 1.165) is 23.4 Å². The Labute approximate surface area is 159 Å². The van der Waals surface area contributed by atoms with E-state index in [1.807, 2.05) is 47.4 Å². The number of benzene rings is 2. The van der Waals surface area contributed by atoms with Crippen molar-refractivity contribution < 1.29 is 14.3 Å². The van der Waals surface area contributed by atoms with Gasteiger partial charge < -0.3 is 14.5 Å². The van der Waals surface area contributed by atoms with E-state index in [9.17, 15) is 9.59 Å². The van der Waals surface area contributed by atoms with E-state index >= 15 is 0 Å². The molecule has 2 aromatic rings. The first-order valence-corrected chi connectivity index (χ1v) is 9.39. The maximum Gasteiger partial charge on any atom is 0.232 e. The highest BCUT2D eigenvalue weighted by atomic mass is 16.5. The van der Waals surface area contributed by atoms with Crippen molar-refractivity contribution in [3.8, 4) is 5.75 Å². The van der Waals surface area contributed by atoms with Crippen LogP contribution in [0.3, 0.4) is 0 Å². The van der Waals surface area contributed by atoms with E-state index in [0.29, 0.717) is 19.4 Å². The monoisotopic (exact) mass is 364 g/mol. The molecule has 2 heterocycles. The lowest BCUT2D eigenvalue weighted by molar-refractivity contribution is -0.140. The smallest absolute Gasteiger partial charge is 0.232 e. The van der Waals surface area contributed by atoms with E-state index in [1.54, 1.807) is 19.1 Å². The standard InChI is InChI=1S/C22H24N2O3/c1-23-20(25)12-11-18(21(23)16-7-9-17(27-2)10-8-16)22(26)24-14-13-15-5-3-4-6-19(15)24/h3-10,18,21H,11-14H2,1-2H3/t18-,21+/m1/s1. The molecule has 2 atom stereocenters. The second-order valence-corrected chi connectivity index (χ2v) is 7.24. The predicted octanol–water partition coefficient (Wildman–Crippen LogP) is 3.19. The molecule has 5 nitrogen and oxygen atoms in total. The summed E-state index contributed by atoms with van der Waals surface area (Å²) in [6.07, 6.45) is 1.88. The summed E-state index contributed by atoms with van der Waals surface area (Å²) in [6.45, 7) is 0.710. The SMILES string of the molecule is COc1ccc([C@H]2[C@H](C(=O)N3CCc4ccccc43)CCC(=O)N2C)cc1. The number of carbonyl (C=O) groups is 2. The molecule has 1 saturated heterocycles. The molecule has 0 N–H and O–H groups in total. The normalized spacial score (nSPS) is 21.9. The summed E-state index contributed by atoms with van der Waals surface area (Å²) in [5, 5.41) is 0. The fraction of sp³-hybridized carbons (Fsp3) is 0.364. The van der Waals surface area contributed by atoms with Crippen molar-refractivity contribution >= 4 is 17.5 Å². The minimum absolute atomic E-state index is 0.0849. The zero-order chi connectivity index (χ0) is 19.0. The number of para-hydroxylation sites is 1. The van der Waals surface area contributed by atoms with Crippen LogP contribution in [0.25, 0.3) is 0 Å². The number of rotatable bonds is 3. The molecule has 27 heavy (non-hydrogen) atoms. The van der Waals surface area contributed by atoms with Gasteiger partial charge in [0, 0.05) is 25.7 Å². The lowest BCUT2D eigenvalue weighted by atomic mass is 9.83. The third-order valence-corrected chi connectivity index (χ3v) is 5.79. The predicted molar refractivity (Wildman–Crippen MR) is 104 cm³/mol. The van der Waals surface area contributed by atoms with E-state index in [4.69, 9.17) is 4.74 Å². The molecule has 0 bridgehead atoms. The highest BCUT2D eigenvalue weighted by Crippen LogP contribution is 2.39. The number of hydrogen-bond donors (Lipinski definition) is 0. The van der Waals surface area contributed by atoms with Gasteiger partial charge >= 0.3 is 0 Å². The van der Waals surface area contributed by atoms with Gasteiger partial charge in [-0.2, -0.15) is 0 Å². The van der Waals surface area contributed by atoms with Crippen molar-refractivity contribution in [1.29, 1.82) is 0 Å². The Hall–Kier alpha value is -2.82. The van der Waals surface area contributed by atoms with Crippen molar-refractivity contribution in [1.82, 2.24) is 4.90 Å². The van der Waals surface area contributed by atoms with Crippen LogP contribution >= 0.6 is 0 Å². The topological polar surface area (TPSA) is 49.9 Å². The van der Waals surface area contributed by atoms with Crippen molar-refractivity contribution in [2.75, 3.05) is 25.6 Å². The number of amides is 2. The van der Waals surface area contributed by atoms with Gasteiger partial charge in [0.05, 0.1) is 19.1 Å². The molecule has 0 saturated carbocycles. The minimum atomic E-state index is -0.252. The second kappa shape index (κ2) is 7.06. The number of nitrogens with zero attached hydrogens (tertiary/aromatic N) is 2. The van der Waals surface area contributed by atoms with E-state index in [-0.39, 0.29) is 23.8 Å². The number of likely N-dealkylation sites (tertiary alicyclic amines) is 1. The molecule has 2 aliphatic heterocycles. The van der Waals surface area contributed by atoms with E-state index < -0.39 is 0 Å². The van der Waals surface area contributed by atoms with Crippen LogP contribution in [0.15, 0.2) is 48.5 Å². The summed E-state index contributed by atoms with van der Waals surface area (Å²) in [7, 11) is 3.43. The highest BCUT2D eigenvalue weighted by Gasteiger charge is 2.41. The first-order valence-electron chi connectivity index (χ1n) is 9.39. The van der Waals surface area contributed by atoms with Crippen LogP contribution in [0.1, 0.15) is 30.0 Å². The van der Waals surface area contributed by atoms with Crippen molar-refractivity contribution in [2.45, 2.75) is 25.3 Å². The van der Waals surface area contributed by atoms with Gasteiger partial charge in [0.1, 0.15) is 5.75 Å². The van der Waals surface area contributed by atoms with Crippen molar-refractivity contribution in [2.24, 2.45) is 5.92 Å². The van der Waals surface area contributed by atoms with E-state index in [2.05, 4.69) is 6.07 Å². The van der Waals surface area contributed by atoms with Gasteiger partial charge in [0.2, 0.25) is 11.8 Å². The van der Waals surface area contributed by atoms with Crippen molar-refractivity contribution in [3.63, 3.8) is 0 Å². The van der Waals surface area contributed by atoms with Gasteiger partial charge in [-0.25, -0.2) is 0 Å². The zero-order valence-electron chi connectivity index (χ0n) is 15.7. The Morgan fingerprint density at radius 2 is 1.81 bits per heavy atom. The molecule has 1 fully saturated rings. The molecule has 2 amide bonds. The van der Waals surface area contributed by atoms with Crippen LogP contribution < -0.4 is 9.64 Å². The number of methoxy groups -OCH3 is 1. The quantitative estimate of drug-likeness (QED) is 0.840. The van der Waals surface area contributed by atoms with Crippen LogP contribution in [-0.4, -0.2) is 37.4 Å².